The third kappa shape index (κ3) is 3.70. The second-order valence-electron chi connectivity index (χ2n) is 8.98. The number of amides is 1. The molecule has 0 radical (unpaired) electrons. The number of aromatic amines is 2. The van der Waals surface area contributed by atoms with Crippen LogP contribution < -0.4 is 21.3 Å². The van der Waals surface area contributed by atoms with Crippen molar-refractivity contribution in [1.82, 2.24) is 29.5 Å². The molecule has 1 aliphatic heterocycles. The first-order valence-electron chi connectivity index (χ1n) is 11.2. The van der Waals surface area contributed by atoms with E-state index in [1.54, 1.807) is 16.8 Å². The fraction of sp³-hybridized carbons (Fsp3) is 0.476. The quantitative estimate of drug-likeness (QED) is 0.463. The average Bonchev–Trinajstić information content (AvgIpc) is 3.66. The van der Waals surface area contributed by atoms with Crippen molar-refractivity contribution in [2.24, 2.45) is 10.9 Å². The number of H-pyrrole nitrogens is 2. The normalized spacial score (nSPS) is 23.2. The van der Waals surface area contributed by atoms with E-state index < -0.39 is 23.4 Å². The number of aromatic nitrogens is 5. The van der Waals surface area contributed by atoms with Gasteiger partial charge < -0.3 is 19.9 Å². The Hall–Kier alpha value is -3.77. The zero-order valence-electron chi connectivity index (χ0n) is 18.0. The maximum Gasteiger partial charge on any atom is 0.326 e. The van der Waals surface area contributed by atoms with E-state index in [1.165, 1.54) is 4.90 Å². The number of aromatic hydroxyl groups is 1. The largest absolute Gasteiger partial charge is 0.493 e. The Morgan fingerprint density at radius 2 is 1.97 bits per heavy atom. The maximum atomic E-state index is 13.3. The van der Waals surface area contributed by atoms with Gasteiger partial charge in [0.2, 0.25) is 11.8 Å². The van der Waals surface area contributed by atoms with Gasteiger partial charge in [-0.25, -0.2) is 18.6 Å². The Bertz CT molecular complexity index is 1460. The van der Waals surface area contributed by atoms with Crippen LogP contribution in [0, 0.1) is 5.92 Å². The van der Waals surface area contributed by atoms with Crippen molar-refractivity contribution >= 4 is 23.4 Å². The van der Waals surface area contributed by atoms with Crippen LogP contribution in [-0.2, 0) is 4.79 Å². The molecule has 3 N–H and O–H groups in total. The number of nitrogens with zero attached hydrogens (tertiary/aromatic N) is 6. The van der Waals surface area contributed by atoms with Crippen molar-refractivity contribution < 1.29 is 18.7 Å². The molecule has 0 aromatic carbocycles. The summed E-state index contributed by atoms with van der Waals surface area (Å²) in [6.45, 7) is 1.58. The molecule has 3 aromatic rings. The standard InChI is InChI=1S/C21H22F2N8O3/c22-21(23)9-13(21)19(33)30-5-3-29(4-6-30)15-8-16(25-12-1-2-12)31-17(27-15)11(10-24-31)7-14-18(32)28-20(34)26-14/h7-8,10,12-13,32H,1-6,9H2,(H2,26,28,34)/b11-7-,25-16?. The first-order chi connectivity index (χ1) is 16.3. The number of anilines is 1. The monoisotopic (exact) mass is 472 g/mol. The molecule has 4 heterocycles. The smallest absolute Gasteiger partial charge is 0.326 e. The zero-order chi connectivity index (χ0) is 23.6. The lowest BCUT2D eigenvalue weighted by molar-refractivity contribution is -0.135. The summed E-state index contributed by atoms with van der Waals surface area (Å²) in [5, 5.41) is 14.9. The predicted molar refractivity (Wildman–Crippen MR) is 115 cm³/mol. The van der Waals surface area contributed by atoms with Crippen LogP contribution in [-0.4, -0.2) is 78.6 Å². The third-order valence-electron chi connectivity index (χ3n) is 6.40. The van der Waals surface area contributed by atoms with E-state index in [-0.39, 0.29) is 24.0 Å². The van der Waals surface area contributed by atoms with Gasteiger partial charge in [-0.2, -0.15) is 9.61 Å². The highest BCUT2D eigenvalue weighted by Crippen LogP contribution is 2.49. The van der Waals surface area contributed by atoms with Crippen molar-refractivity contribution in [2.45, 2.75) is 31.2 Å². The minimum absolute atomic E-state index is 0.205. The van der Waals surface area contributed by atoms with Gasteiger partial charge in [-0.1, -0.05) is 0 Å². The van der Waals surface area contributed by atoms with E-state index in [0.717, 1.165) is 12.8 Å². The number of carbonyl (C=O) groups excluding carboxylic acids is 1. The lowest BCUT2D eigenvalue weighted by Gasteiger charge is -2.35. The number of hydrogen-bond donors (Lipinski definition) is 3. The highest BCUT2D eigenvalue weighted by atomic mass is 19.3. The first kappa shape index (κ1) is 20.8. The molecule has 11 nitrogen and oxygen atoms in total. The van der Waals surface area contributed by atoms with E-state index in [2.05, 4.69) is 15.1 Å². The van der Waals surface area contributed by atoms with Crippen molar-refractivity contribution in [1.29, 1.82) is 0 Å². The van der Waals surface area contributed by atoms with Gasteiger partial charge in [0.15, 0.2) is 11.1 Å². The van der Waals surface area contributed by atoms with Crippen molar-refractivity contribution in [3.05, 3.63) is 39.1 Å². The van der Waals surface area contributed by atoms with Gasteiger partial charge in [0.25, 0.3) is 5.92 Å². The molecule has 1 amide bonds. The minimum Gasteiger partial charge on any atom is -0.493 e. The molecular weight excluding hydrogens is 450 g/mol. The summed E-state index contributed by atoms with van der Waals surface area (Å²) in [7, 11) is 0. The molecule has 13 heteroatoms. The number of halogens is 2. The van der Waals surface area contributed by atoms with Crippen molar-refractivity contribution in [3.8, 4) is 5.88 Å². The predicted octanol–water partition coefficient (Wildman–Crippen LogP) is -0.634. The molecule has 2 aliphatic carbocycles. The van der Waals surface area contributed by atoms with E-state index in [4.69, 9.17) is 9.98 Å². The van der Waals surface area contributed by atoms with Crippen molar-refractivity contribution in [3.63, 3.8) is 0 Å². The molecular formula is C21H22F2N8O3. The fourth-order valence-electron chi connectivity index (χ4n) is 4.20. The van der Waals surface area contributed by atoms with Gasteiger partial charge in [0, 0.05) is 43.9 Å². The van der Waals surface area contributed by atoms with E-state index in [9.17, 15) is 23.5 Å². The SMILES string of the molecule is O=C(C1CC1(F)F)N1CCN(c2cc(=NC3CC3)n3nc/c(=C/c4[nH]c(=O)[nH]c4O)c3n2)CC1. The van der Waals surface area contributed by atoms with E-state index in [0.29, 0.717) is 48.4 Å². The van der Waals surface area contributed by atoms with Gasteiger partial charge in [0.1, 0.15) is 17.4 Å². The lowest BCUT2D eigenvalue weighted by Crippen LogP contribution is -2.50. The van der Waals surface area contributed by atoms with Gasteiger partial charge in [-0.05, 0) is 18.9 Å². The second kappa shape index (κ2) is 7.37. The van der Waals surface area contributed by atoms with E-state index in [1.807, 2.05) is 11.0 Å². The Morgan fingerprint density at radius 3 is 2.59 bits per heavy atom. The molecule has 1 saturated heterocycles. The van der Waals surface area contributed by atoms with Crippen LogP contribution in [0.15, 0.2) is 22.1 Å². The number of nitrogens with one attached hydrogen (secondary N) is 2. The zero-order valence-corrected chi connectivity index (χ0v) is 18.0. The lowest BCUT2D eigenvalue weighted by atomic mass is 10.2. The third-order valence-corrected chi connectivity index (χ3v) is 6.40. The Labute approximate surface area is 190 Å². The number of alkyl halides is 2. The summed E-state index contributed by atoms with van der Waals surface area (Å²) in [5.74, 6) is -4.18. The summed E-state index contributed by atoms with van der Waals surface area (Å²) in [6, 6.07) is 2.07. The molecule has 1 unspecified atom stereocenters. The molecule has 3 aliphatic rings. The topological polar surface area (TPSA) is 135 Å². The van der Waals surface area contributed by atoms with Crippen LogP contribution in [0.3, 0.4) is 0 Å². The fourth-order valence-corrected chi connectivity index (χ4v) is 4.20. The molecule has 3 aromatic heterocycles. The highest BCUT2D eigenvalue weighted by molar-refractivity contribution is 5.83. The van der Waals surface area contributed by atoms with Gasteiger partial charge in [0.05, 0.1) is 12.2 Å². The number of hydrogen-bond acceptors (Lipinski definition) is 7. The van der Waals surface area contributed by atoms with Crippen LogP contribution in [0.2, 0.25) is 0 Å². The Kier molecular flexibility index (Phi) is 4.51. The minimum atomic E-state index is -2.87. The highest BCUT2D eigenvalue weighted by Gasteiger charge is 2.62. The summed E-state index contributed by atoms with van der Waals surface area (Å²) >= 11 is 0. The summed E-state index contributed by atoms with van der Waals surface area (Å²) in [4.78, 5) is 41.6. The van der Waals surface area contributed by atoms with Gasteiger partial charge in [-0.15, -0.1) is 0 Å². The van der Waals surface area contributed by atoms with Crippen LogP contribution in [0.1, 0.15) is 25.0 Å². The molecule has 0 bridgehead atoms. The van der Waals surface area contributed by atoms with Gasteiger partial charge >= 0.3 is 5.69 Å². The molecule has 2 saturated carbocycles. The Balaban J connectivity index is 1.34. The molecule has 1 atom stereocenters. The molecule has 34 heavy (non-hydrogen) atoms. The van der Waals surface area contributed by atoms with E-state index >= 15 is 0 Å². The molecule has 178 valence electrons. The molecule has 0 spiro atoms. The average molecular weight is 472 g/mol. The molecule has 6 rings (SSSR count). The van der Waals surface area contributed by atoms with Gasteiger partial charge in [-0.3, -0.25) is 14.8 Å². The van der Waals surface area contributed by atoms with Crippen molar-refractivity contribution in [2.75, 3.05) is 31.1 Å². The second-order valence-corrected chi connectivity index (χ2v) is 8.98. The van der Waals surface area contributed by atoms with Crippen LogP contribution in [0.4, 0.5) is 14.6 Å². The summed E-state index contributed by atoms with van der Waals surface area (Å²) < 4.78 is 28.2. The number of rotatable bonds is 4. The first-order valence-corrected chi connectivity index (χ1v) is 11.2. The number of fused-ring (bicyclic) bond motifs is 1. The number of imidazole rings is 1. The number of piperazine rings is 1. The van der Waals surface area contributed by atoms with Crippen LogP contribution >= 0.6 is 0 Å². The summed E-state index contributed by atoms with van der Waals surface area (Å²) in [6.07, 6.45) is 4.79. The van der Waals surface area contributed by atoms with Crippen LogP contribution in [0.25, 0.3) is 11.7 Å². The Morgan fingerprint density at radius 1 is 1.24 bits per heavy atom. The number of carbonyl (C=O) groups is 1. The molecule has 3 fully saturated rings. The summed E-state index contributed by atoms with van der Waals surface area (Å²) in [5.41, 5.74) is 0.797. The maximum absolute atomic E-state index is 13.3. The van der Waals surface area contributed by atoms with Crippen LogP contribution in [0.5, 0.6) is 5.88 Å².